The molecule has 0 bridgehead atoms. The molecule has 2 atom stereocenters. The SMILES string of the molecule is CCCCP(=O)(O)C(CC)CCC. The smallest absolute Gasteiger partial charge is 0.203 e. The van der Waals surface area contributed by atoms with E-state index < -0.39 is 7.37 Å². The summed E-state index contributed by atoms with van der Waals surface area (Å²) in [7, 11) is -2.84. The average molecular weight is 206 g/mol. The Kier molecular flexibility index (Phi) is 6.71. The van der Waals surface area contributed by atoms with E-state index in [9.17, 15) is 9.46 Å². The molecule has 2 unspecified atom stereocenters. The van der Waals surface area contributed by atoms with E-state index in [1.165, 1.54) is 0 Å². The molecule has 0 radical (unpaired) electrons. The quantitative estimate of drug-likeness (QED) is 0.646. The maximum Gasteiger partial charge on any atom is 0.203 e. The summed E-state index contributed by atoms with van der Waals surface area (Å²) in [6.45, 7) is 6.14. The molecule has 0 aromatic rings. The van der Waals surface area contributed by atoms with Crippen LogP contribution in [-0.2, 0) is 4.57 Å². The van der Waals surface area contributed by atoms with Crippen molar-refractivity contribution in [2.75, 3.05) is 6.16 Å². The molecule has 0 aromatic heterocycles. The van der Waals surface area contributed by atoms with Crippen molar-refractivity contribution in [3.8, 4) is 0 Å². The van der Waals surface area contributed by atoms with Gasteiger partial charge in [0.05, 0.1) is 0 Å². The van der Waals surface area contributed by atoms with Crippen LogP contribution >= 0.6 is 7.37 Å². The van der Waals surface area contributed by atoms with Crippen LogP contribution in [0.2, 0.25) is 0 Å². The van der Waals surface area contributed by atoms with Crippen molar-refractivity contribution in [1.82, 2.24) is 0 Å². The van der Waals surface area contributed by atoms with Gasteiger partial charge in [-0.1, -0.05) is 33.6 Å². The summed E-state index contributed by atoms with van der Waals surface area (Å²) in [5, 5.41) is 0. The van der Waals surface area contributed by atoms with Crippen molar-refractivity contribution in [3.63, 3.8) is 0 Å². The molecular weight excluding hydrogens is 183 g/mol. The molecule has 13 heavy (non-hydrogen) atoms. The monoisotopic (exact) mass is 206 g/mol. The second kappa shape index (κ2) is 6.62. The first-order valence-corrected chi connectivity index (χ1v) is 7.31. The second-order valence-electron chi connectivity index (χ2n) is 3.68. The zero-order valence-electron chi connectivity index (χ0n) is 9.12. The van der Waals surface area contributed by atoms with Crippen molar-refractivity contribution >= 4 is 7.37 Å². The summed E-state index contributed by atoms with van der Waals surface area (Å²) in [4.78, 5) is 9.79. The zero-order chi connectivity index (χ0) is 10.3. The van der Waals surface area contributed by atoms with Gasteiger partial charge in [-0.3, -0.25) is 4.57 Å². The highest BCUT2D eigenvalue weighted by atomic mass is 31.2. The third kappa shape index (κ3) is 4.83. The van der Waals surface area contributed by atoms with Crippen molar-refractivity contribution in [2.24, 2.45) is 0 Å². The molecule has 0 rings (SSSR count). The predicted octanol–water partition coefficient (Wildman–Crippen LogP) is 3.64. The Hall–Kier alpha value is 0.190. The molecule has 0 aromatic carbocycles. The van der Waals surface area contributed by atoms with Crippen LogP contribution in [-0.4, -0.2) is 16.7 Å². The van der Waals surface area contributed by atoms with E-state index in [4.69, 9.17) is 0 Å². The van der Waals surface area contributed by atoms with Gasteiger partial charge in [-0.2, -0.15) is 0 Å². The van der Waals surface area contributed by atoms with Gasteiger partial charge in [0.2, 0.25) is 7.37 Å². The van der Waals surface area contributed by atoms with E-state index in [-0.39, 0.29) is 5.66 Å². The highest BCUT2D eigenvalue weighted by Crippen LogP contribution is 2.50. The minimum Gasteiger partial charge on any atom is -0.344 e. The van der Waals surface area contributed by atoms with Gasteiger partial charge >= 0.3 is 0 Å². The molecule has 0 aliphatic heterocycles. The fourth-order valence-corrected chi connectivity index (χ4v) is 3.96. The fraction of sp³-hybridized carbons (Fsp3) is 1.00. The lowest BCUT2D eigenvalue weighted by Gasteiger charge is -2.21. The molecule has 2 nitrogen and oxygen atoms in total. The Balaban J connectivity index is 4.12. The van der Waals surface area contributed by atoms with Gasteiger partial charge in [-0.25, -0.2) is 0 Å². The van der Waals surface area contributed by atoms with Crippen LogP contribution in [0.4, 0.5) is 0 Å². The molecule has 0 fully saturated rings. The van der Waals surface area contributed by atoms with Crippen LogP contribution < -0.4 is 0 Å². The Morgan fingerprint density at radius 2 is 1.85 bits per heavy atom. The Bertz CT molecular complexity index is 168. The van der Waals surface area contributed by atoms with Crippen LogP contribution in [0.1, 0.15) is 52.9 Å². The molecule has 80 valence electrons. The van der Waals surface area contributed by atoms with Gasteiger partial charge < -0.3 is 4.89 Å². The first kappa shape index (κ1) is 13.2. The van der Waals surface area contributed by atoms with Gasteiger partial charge in [0.25, 0.3) is 0 Å². The number of hydrogen-bond donors (Lipinski definition) is 1. The summed E-state index contributed by atoms with van der Waals surface area (Å²) in [6, 6.07) is 0. The van der Waals surface area contributed by atoms with E-state index >= 15 is 0 Å². The molecular formula is C10H23O2P. The van der Waals surface area contributed by atoms with E-state index in [2.05, 4.69) is 13.8 Å². The van der Waals surface area contributed by atoms with Crippen LogP contribution in [0.25, 0.3) is 0 Å². The minimum absolute atomic E-state index is 0.0454. The normalized spacial score (nSPS) is 18.2. The van der Waals surface area contributed by atoms with Crippen LogP contribution in [0.3, 0.4) is 0 Å². The lowest BCUT2D eigenvalue weighted by molar-refractivity contribution is 0.451. The summed E-state index contributed by atoms with van der Waals surface area (Å²) >= 11 is 0. The van der Waals surface area contributed by atoms with Gasteiger partial charge in [0, 0.05) is 11.8 Å². The Morgan fingerprint density at radius 1 is 1.23 bits per heavy atom. The number of rotatable bonds is 7. The predicted molar refractivity (Wildman–Crippen MR) is 58.6 cm³/mol. The van der Waals surface area contributed by atoms with E-state index in [0.29, 0.717) is 6.16 Å². The van der Waals surface area contributed by atoms with Crippen molar-refractivity contribution in [1.29, 1.82) is 0 Å². The first-order chi connectivity index (χ1) is 6.08. The molecule has 0 saturated heterocycles. The zero-order valence-corrected chi connectivity index (χ0v) is 10.0. The summed E-state index contributed by atoms with van der Waals surface area (Å²) < 4.78 is 11.8. The maximum absolute atomic E-state index is 11.8. The molecule has 0 heterocycles. The van der Waals surface area contributed by atoms with Crippen molar-refractivity contribution < 1.29 is 9.46 Å². The molecule has 0 spiro atoms. The van der Waals surface area contributed by atoms with Crippen molar-refractivity contribution in [2.45, 2.75) is 58.5 Å². The van der Waals surface area contributed by atoms with Gasteiger partial charge in [0.1, 0.15) is 0 Å². The summed E-state index contributed by atoms with van der Waals surface area (Å²) in [5.41, 5.74) is 0.0454. The number of hydrogen-bond acceptors (Lipinski definition) is 1. The fourth-order valence-electron chi connectivity index (χ4n) is 1.59. The molecule has 0 amide bonds. The second-order valence-corrected chi connectivity index (χ2v) is 6.37. The maximum atomic E-state index is 11.8. The topological polar surface area (TPSA) is 37.3 Å². The van der Waals surface area contributed by atoms with Crippen molar-refractivity contribution in [3.05, 3.63) is 0 Å². The Morgan fingerprint density at radius 3 is 2.23 bits per heavy atom. The lowest BCUT2D eigenvalue weighted by atomic mass is 10.2. The van der Waals surface area contributed by atoms with Gasteiger partial charge in [0.15, 0.2) is 0 Å². The lowest BCUT2D eigenvalue weighted by Crippen LogP contribution is -2.09. The third-order valence-corrected chi connectivity index (χ3v) is 5.22. The molecule has 0 aliphatic carbocycles. The largest absolute Gasteiger partial charge is 0.344 e. The molecule has 1 N–H and O–H groups in total. The summed E-state index contributed by atoms with van der Waals surface area (Å²) in [5.74, 6) is 0. The molecule has 0 aliphatic rings. The van der Waals surface area contributed by atoms with Crippen LogP contribution in [0.15, 0.2) is 0 Å². The highest BCUT2D eigenvalue weighted by molar-refractivity contribution is 7.58. The number of unbranched alkanes of at least 4 members (excludes halogenated alkanes) is 1. The van der Waals surface area contributed by atoms with E-state index in [0.717, 1.165) is 32.1 Å². The van der Waals surface area contributed by atoms with Gasteiger partial charge in [-0.15, -0.1) is 0 Å². The first-order valence-electron chi connectivity index (χ1n) is 5.39. The average Bonchev–Trinajstić information content (AvgIpc) is 2.10. The third-order valence-electron chi connectivity index (χ3n) is 2.50. The Labute approximate surface area is 82.2 Å². The van der Waals surface area contributed by atoms with E-state index in [1.807, 2.05) is 6.92 Å². The molecule has 3 heteroatoms. The van der Waals surface area contributed by atoms with Crippen LogP contribution in [0.5, 0.6) is 0 Å². The minimum atomic E-state index is -2.84. The highest BCUT2D eigenvalue weighted by Gasteiger charge is 2.27. The molecule has 0 saturated carbocycles. The standard InChI is InChI=1S/C10H23O2P/c1-4-7-9-13(11,12)10(6-3)8-5-2/h10H,4-9H2,1-3H3,(H,11,12). The summed E-state index contributed by atoms with van der Waals surface area (Å²) in [6.07, 6.45) is 5.15. The van der Waals surface area contributed by atoms with Gasteiger partial charge in [-0.05, 0) is 19.3 Å². The van der Waals surface area contributed by atoms with E-state index in [1.54, 1.807) is 0 Å². The van der Waals surface area contributed by atoms with Crippen LogP contribution in [0, 0.1) is 0 Å².